The molecule has 5 rings (SSSR count). The number of thiophene rings is 1. The van der Waals surface area contributed by atoms with Gasteiger partial charge in [-0.3, -0.25) is 0 Å². The van der Waals surface area contributed by atoms with Crippen molar-refractivity contribution in [3.8, 4) is 22.9 Å². The molecule has 2 unspecified atom stereocenters. The maximum Gasteiger partial charge on any atom is 0.138 e. The van der Waals surface area contributed by atoms with Gasteiger partial charge >= 0.3 is 0 Å². The number of aryl methyl sites for hydroxylation is 1. The van der Waals surface area contributed by atoms with Crippen LogP contribution in [-0.4, -0.2) is 21.4 Å². The second kappa shape index (κ2) is 13.0. The van der Waals surface area contributed by atoms with Crippen LogP contribution in [0, 0.1) is 28.8 Å². The molecule has 0 amide bonds. The standard InChI is InChI=1S/C38H48S2Si2/c1-9-29-21-27-23-33-31(17-19-41(11-3,12-4)13-5)34-24-28-22-30(10-2)40-38(28)26-36(34)32(35(33)25-37(27)39-29)18-20-42(14-6,15-7)16-8/h21-27,37H,9-16H2,1-8H3. The summed E-state index contributed by atoms with van der Waals surface area (Å²) >= 11 is 4.01. The first-order valence-electron chi connectivity index (χ1n) is 16.5. The number of thioether (sulfide) groups is 1. The monoisotopic (exact) mass is 624 g/mol. The Morgan fingerprint density at radius 1 is 0.643 bits per heavy atom. The van der Waals surface area contributed by atoms with E-state index < -0.39 is 16.1 Å². The van der Waals surface area contributed by atoms with Gasteiger partial charge in [0.2, 0.25) is 0 Å². The van der Waals surface area contributed by atoms with Crippen molar-refractivity contribution >= 4 is 72.3 Å². The summed E-state index contributed by atoms with van der Waals surface area (Å²) in [6, 6.07) is 14.7. The van der Waals surface area contributed by atoms with Crippen LogP contribution in [0.5, 0.6) is 0 Å². The molecule has 3 aromatic rings. The highest BCUT2D eigenvalue weighted by atomic mass is 32.2. The summed E-state index contributed by atoms with van der Waals surface area (Å²) in [7, 11) is -3.24. The van der Waals surface area contributed by atoms with Crippen LogP contribution in [0.25, 0.3) is 33.0 Å². The Bertz CT molecular complexity index is 1760. The molecular formula is C38H48S2Si2. The Labute approximate surface area is 265 Å². The minimum Gasteiger partial charge on any atom is -0.140 e. The summed E-state index contributed by atoms with van der Waals surface area (Å²) in [5.74, 6) is 8.30. The Morgan fingerprint density at radius 2 is 1.19 bits per heavy atom. The van der Waals surface area contributed by atoms with Gasteiger partial charge in [0, 0.05) is 37.3 Å². The summed E-state index contributed by atoms with van der Waals surface area (Å²) < 4.78 is 1.38. The van der Waals surface area contributed by atoms with Crippen molar-refractivity contribution < 1.29 is 0 Å². The average Bonchev–Trinajstić information content (AvgIpc) is 3.64. The molecule has 2 aliphatic rings. The van der Waals surface area contributed by atoms with Crippen molar-refractivity contribution in [1.29, 1.82) is 0 Å². The van der Waals surface area contributed by atoms with Gasteiger partial charge in [0.25, 0.3) is 0 Å². The molecule has 1 aliphatic heterocycles. The van der Waals surface area contributed by atoms with Crippen LogP contribution in [0.2, 0.25) is 36.3 Å². The smallest absolute Gasteiger partial charge is 0.138 e. The van der Waals surface area contributed by atoms with Crippen molar-refractivity contribution in [3.05, 3.63) is 55.6 Å². The van der Waals surface area contributed by atoms with Gasteiger partial charge in [-0.1, -0.05) is 85.5 Å². The molecule has 0 saturated heterocycles. The minimum absolute atomic E-state index is 0.439. The van der Waals surface area contributed by atoms with E-state index in [2.05, 4.69) is 127 Å². The highest BCUT2D eigenvalue weighted by Gasteiger charge is 2.29. The third-order valence-electron chi connectivity index (χ3n) is 10.5. The van der Waals surface area contributed by atoms with Crippen molar-refractivity contribution in [2.24, 2.45) is 5.92 Å². The number of fused-ring (bicyclic) bond motifs is 4. The summed E-state index contributed by atoms with van der Waals surface area (Å²) in [4.78, 5) is 2.97. The van der Waals surface area contributed by atoms with E-state index in [1.165, 1.54) is 88.5 Å². The first-order chi connectivity index (χ1) is 20.3. The first-order valence-corrected chi connectivity index (χ1v) is 23.5. The summed E-state index contributed by atoms with van der Waals surface area (Å²) in [6.07, 6.45) is 9.85. The normalized spacial score (nSPS) is 17.9. The van der Waals surface area contributed by atoms with Gasteiger partial charge in [0.15, 0.2) is 0 Å². The molecule has 42 heavy (non-hydrogen) atoms. The number of rotatable bonds is 8. The molecule has 2 atom stereocenters. The molecular weight excluding hydrogens is 577 g/mol. The number of hydrogen-bond donors (Lipinski definition) is 0. The Morgan fingerprint density at radius 3 is 1.71 bits per heavy atom. The molecule has 0 bridgehead atoms. The van der Waals surface area contributed by atoms with Gasteiger partial charge < -0.3 is 0 Å². The van der Waals surface area contributed by atoms with Crippen LogP contribution in [0.1, 0.15) is 77.8 Å². The zero-order chi connectivity index (χ0) is 30.1. The van der Waals surface area contributed by atoms with E-state index in [-0.39, 0.29) is 0 Å². The predicted octanol–water partition coefficient (Wildman–Crippen LogP) is 10.0. The second-order valence-electron chi connectivity index (χ2n) is 12.2. The SMILES string of the molecule is CCC1=CC2C=c3c(C#C[Si](CC)(CC)CC)c4cc5cc(CC)sc5cc4c(C#C[Si](CC)(CC)CC)c3=CC2S1. The van der Waals surface area contributed by atoms with Gasteiger partial charge in [-0.2, -0.15) is 0 Å². The topological polar surface area (TPSA) is 0 Å². The molecule has 0 N–H and O–H groups in total. The fourth-order valence-electron chi connectivity index (χ4n) is 6.77. The van der Waals surface area contributed by atoms with Crippen LogP contribution in [0.4, 0.5) is 0 Å². The van der Waals surface area contributed by atoms with E-state index >= 15 is 0 Å². The first kappa shape index (κ1) is 31.5. The minimum atomic E-state index is -1.62. The molecule has 0 nitrogen and oxygen atoms in total. The molecule has 0 spiro atoms. The van der Waals surface area contributed by atoms with Gasteiger partial charge in [-0.15, -0.1) is 34.2 Å². The lowest BCUT2D eigenvalue weighted by molar-refractivity contribution is 0.923. The van der Waals surface area contributed by atoms with Gasteiger partial charge in [-0.05, 0) is 93.4 Å². The zero-order valence-electron chi connectivity index (χ0n) is 27.1. The van der Waals surface area contributed by atoms with Gasteiger partial charge in [0.05, 0.1) is 0 Å². The predicted molar refractivity (Wildman–Crippen MR) is 198 cm³/mol. The molecule has 1 aromatic heterocycles. The lowest BCUT2D eigenvalue weighted by Gasteiger charge is -2.22. The third kappa shape index (κ3) is 5.66. The van der Waals surface area contributed by atoms with Crippen LogP contribution in [-0.2, 0) is 6.42 Å². The quantitative estimate of drug-likeness (QED) is 0.178. The van der Waals surface area contributed by atoms with Crippen LogP contribution < -0.4 is 10.4 Å². The van der Waals surface area contributed by atoms with Crippen LogP contribution in [0.15, 0.2) is 29.2 Å². The highest BCUT2D eigenvalue weighted by molar-refractivity contribution is 8.04. The lowest BCUT2D eigenvalue weighted by atomic mass is 9.88. The Hall–Kier alpha value is -1.96. The molecule has 2 aromatic carbocycles. The van der Waals surface area contributed by atoms with E-state index in [0.29, 0.717) is 11.2 Å². The van der Waals surface area contributed by atoms with Crippen molar-refractivity contribution in [1.82, 2.24) is 0 Å². The summed E-state index contributed by atoms with van der Waals surface area (Å²) in [6.45, 7) is 18.7. The summed E-state index contributed by atoms with van der Waals surface area (Å²) in [5.41, 5.74) is 10.5. The average molecular weight is 625 g/mol. The molecule has 0 saturated carbocycles. The zero-order valence-corrected chi connectivity index (χ0v) is 30.7. The lowest BCUT2D eigenvalue weighted by Crippen LogP contribution is -2.38. The van der Waals surface area contributed by atoms with Crippen LogP contribution >= 0.6 is 23.1 Å². The molecule has 4 heteroatoms. The number of hydrogen-bond acceptors (Lipinski definition) is 2. The Balaban J connectivity index is 1.94. The second-order valence-corrected chi connectivity index (χ2v) is 24.6. The fraction of sp³-hybridized carbons (Fsp3) is 0.474. The largest absolute Gasteiger partial charge is 0.140 e. The van der Waals surface area contributed by atoms with Gasteiger partial charge in [0.1, 0.15) is 16.1 Å². The van der Waals surface area contributed by atoms with E-state index in [4.69, 9.17) is 0 Å². The van der Waals surface area contributed by atoms with E-state index in [9.17, 15) is 0 Å². The number of benzene rings is 2. The highest BCUT2D eigenvalue weighted by Crippen LogP contribution is 2.41. The van der Waals surface area contributed by atoms with Crippen molar-refractivity contribution in [2.75, 3.05) is 0 Å². The maximum atomic E-state index is 4.00. The van der Waals surface area contributed by atoms with E-state index in [1.807, 2.05) is 11.3 Å². The van der Waals surface area contributed by atoms with Gasteiger partial charge in [-0.25, -0.2) is 0 Å². The maximum absolute atomic E-state index is 4.00. The fourth-order valence-corrected chi connectivity index (χ4v) is 13.9. The van der Waals surface area contributed by atoms with Crippen molar-refractivity contribution in [2.45, 2.75) is 110 Å². The molecule has 2 heterocycles. The number of allylic oxidation sites excluding steroid dienone is 2. The molecule has 0 fully saturated rings. The van der Waals surface area contributed by atoms with Crippen molar-refractivity contribution in [3.63, 3.8) is 0 Å². The Kier molecular flexibility index (Phi) is 9.71. The molecule has 1 aliphatic carbocycles. The summed E-state index contributed by atoms with van der Waals surface area (Å²) in [5, 5.41) is 7.16. The van der Waals surface area contributed by atoms with E-state index in [0.717, 1.165) is 12.8 Å². The molecule has 220 valence electrons. The van der Waals surface area contributed by atoms with Crippen LogP contribution in [0.3, 0.4) is 0 Å². The molecule has 0 radical (unpaired) electrons. The van der Waals surface area contributed by atoms with E-state index in [1.54, 1.807) is 0 Å². The third-order valence-corrected chi connectivity index (χ3v) is 22.6.